The normalized spacial score (nSPS) is 11.2. The summed E-state index contributed by atoms with van der Waals surface area (Å²) in [5, 5.41) is 8.93. The van der Waals surface area contributed by atoms with Gasteiger partial charge in [-0.3, -0.25) is 4.79 Å². The Morgan fingerprint density at radius 3 is 2.29 bits per heavy atom. The van der Waals surface area contributed by atoms with Gasteiger partial charge in [0.05, 0.1) is 7.11 Å². The SMILES string of the molecule is COc1ccc(CCC(=O)O)c(OCCOc2ccc(C)cc2C(C)(C)C)c1. The van der Waals surface area contributed by atoms with Gasteiger partial charge in [0, 0.05) is 12.5 Å². The molecule has 28 heavy (non-hydrogen) atoms. The van der Waals surface area contributed by atoms with E-state index in [1.807, 2.05) is 24.3 Å². The topological polar surface area (TPSA) is 65.0 Å². The molecule has 5 heteroatoms. The maximum atomic E-state index is 10.9. The van der Waals surface area contributed by atoms with E-state index in [2.05, 4.69) is 33.8 Å². The number of benzene rings is 2. The van der Waals surface area contributed by atoms with Crippen LogP contribution in [0.4, 0.5) is 0 Å². The van der Waals surface area contributed by atoms with Crippen LogP contribution in [0.2, 0.25) is 0 Å². The number of carbonyl (C=O) groups is 1. The molecule has 2 aromatic rings. The Bertz CT molecular complexity index is 805. The van der Waals surface area contributed by atoms with Crippen LogP contribution >= 0.6 is 0 Å². The molecule has 1 N–H and O–H groups in total. The molecule has 0 aliphatic heterocycles. The lowest BCUT2D eigenvalue weighted by atomic mass is 9.85. The van der Waals surface area contributed by atoms with Gasteiger partial charge in [0.2, 0.25) is 0 Å². The Balaban J connectivity index is 2.03. The Morgan fingerprint density at radius 2 is 1.68 bits per heavy atom. The van der Waals surface area contributed by atoms with Gasteiger partial charge in [-0.2, -0.15) is 0 Å². The molecular formula is C23H30O5. The lowest BCUT2D eigenvalue weighted by molar-refractivity contribution is -0.136. The summed E-state index contributed by atoms with van der Waals surface area (Å²) in [4.78, 5) is 10.9. The molecule has 0 aromatic heterocycles. The quantitative estimate of drug-likeness (QED) is 0.629. The smallest absolute Gasteiger partial charge is 0.303 e. The van der Waals surface area contributed by atoms with Crippen LogP contribution < -0.4 is 14.2 Å². The average molecular weight is 386 g/mol. The molecule has 0 aliphatic carbocycles. The van der Waals surface area contributed by atoms with E-state index in [1.54, 1.807) is 13.2 Å². The fourth-order valence-electron chi connectivity index (χ4n) is 2.90. The van der Waals surface area contributed by atoms with Crippen molar-refractivity contribution in [3.05, 3.63) is 53.1 Å². The van der Waals surface area contributed by atoms with Gasteiger partial charge in [0.25, 0.3) is 0 Å². The lowest BCUT2D eigenvalue weighted by Crippen LogP contribution is -2.16. The first-order valence-corrected chi connectivity index (χ1v) is 9.46. The van der Waals surface area contributed by atoms with Crippen LogP contribution in [-0.2, 0) is 16.6 Å². The minimum atomic E-state index is -0.834. The minimum absolute atomic E-state index is 0.0149. The molecule has 0 spiro atoms. The maximum Gasteiger partial charge on any atom is 0.303 e. The van der Waals surface area contributed by atoms with Crippen molar-refractivity contribution in [2.24, 2.45) is 0 Å². The summed E-state index contributed by atoms with van der Waals surface area (Å²) in [5.74, 6) is 1.32. The maximum absolute atomic E-state index is 10.9. The summed E-state index contributed by atoms with van der Waals surface area (Å²) in [6, 6.07) is 11.6. The van der Waals surface area contributed by atoms with E-state index in [9.17, 15) is 4.79 Å². The molecule has 0 unspecified atom stereocenters. The van der Waals surface area contributed by atoms with Crippen molar-refractivity contribution < 1.29 is 24.1 Å². The van der Waals surface area contributed by atoms with E-state index in [4.69, 9.17) is 19.3 Å². The predicted molar refractivity (Wildman–Crippen MR) is 110 cm³/mol. The van der Waals surface area contributed by atoms with Crippen molar-refractivity contribution in [3.63, 3.8) is 0 Å². The summed E-state index contributed by atoms with van der Waals surface area (Å²) in [5.41, 5.74) is 3.19. The van der Waals surface area contributed by atoms with Crippen molar-refractivity contribution >= 4 is 5.97 Å². The molecule has 0 radical (unpaired) electrons. The third kappa shape index (κ3) is 6.19. The number of aliphatic carboxylic acids is 1. The monoisotopic (exact) mass is 386 g/mol. The summed E-state index contributed by atoms with van der Waals surface area (Å²) in [6.45, 7) is 9.30. The fraction of sp³-hybridized carbons (Fsp3) is 0.435. The second kappa shape index (κ2) is 9.49. The molecule has 0 atom stereocenters. The Morgan fingerprint density at radius 1 is 1.00 bits per heavy atom. The van der Waals surface area contributed by atoms with Gasteiger partial charge in [-0.05, 0) is 42.0 Å². The number of aryl methyl sites for hydroxylation is 2. The predicted octanol–water partition coefficient (Wildman–Crippen LogP) is 4.78. The van der Waals surface area contributed by atoms with Gasteiger partial charge in [0.1, 0.15) is 30.5 Å². The molecule has 0 saturated heterocycles. The molecule has 0 bridgehead atoms. The molecule has 2 aromatic carbocycles. The third-order valence-corrected chi connectivity index (χ3v) is 4.42. The van der Waals surface area contributed by atoms with Crippen LogP contribution in [0.15, 0.2) is 36.4 Å². The van der Waals surface area contributed by atoms with Crippen molar-refractivity contribution in [3.8, 4) is 17.2 Å². The molecular weight excluding hydrogens is 356 g/mol. The van der Waals surface area contributed by atoms with E-state index < -0.39 is 5.97 Å². The molecule has 152 valence electrons. The number of carboxylic acid groups (broad SMARTS) is 1. The van der Waals surface area contributed by atoms with Crippen LogP contribution in [0.3, 0.4) is 0 Å². The van der Waals surface area contributed by atoms with Gasteiger partial charge in [-0.1, -0.05) is 44.5 Å². The molecule has 0 aliphatic rings. The molecule has 0 heterocycles. The van der Waals surface area contributed by atoms with Crippen LogP contribution in [0.1, 0.15) is 43.9 Å². The molecule has 2 rings (SSSR count). The number of rotatable bonds is 9. The highest BCUT2D eigenvalue weighted by molar-refractivity contribution is 5.67. The van der Waals surface area contributed by atoms with Crippen molar-refractivity contribution in [1.29, 1.82) is 0 Å². The van der Waals surface area contributed by atoms with Gasteiger partial charge in [-0.25, -0.2) is 0 Å². The van der Waals surface area contributed by atoms with Crippen molar-refractivity contribution in [2.75, 3.05) is 20.3 Å². The second-order valence-electron chi connectivity index (χ2n) is 7.81. The molecule has 5 nitrogen and oxygen atoms in total. The standard InChI is InChI=1S/C23H30O5/c1-16-6-10-20(19(14-16)23(2,3)4)27-12-13-28-21-15-18(26-5)9-7-17(21)8-11-22(24)25/h6-7,9-10,14-15H,8,11-13H2,1-5H3,(H,24,25). The third-order valence-electron chi connectivity index (χ3n) is 4.42. The number of hydrogen-bond donors (Lipinski definition) is 1. The largest absolute Gasteiger partial charge is 0.497 e. The molecule has 0 saturated carbocycles. The van der Waals surface area contributed by atoms with E-state index in [0.717, 1.165) is 16.9 Å². The Hall–Kier alpha value is -2.69. The zero-order chi connectivity index (χ0) is 20.7. The lowest BCUT2D eigenvalue weighted by Gasteiger charge is -2.23. The van der Waals surface area contributed by atoms with E-state index in [1.165, 1.54) is 5.56 Å². The first kappa shape index (κ1) is 21.6. The Labute approximate surface area is 167 Å². The van der Waals surface area contributed by atoms with Gasteiger partial charge >= 0.3 is 5.97 Å². The fourth-order valence-corrected chi connectivity index (χ4v) is 2.90. The zero-order valence-electron chi connectivity index (χ0n) is 17.4. The average Bonchev–Trinajstić information content (AvgIpc) is 2.64. The highest BCUT2D eigenvalue weighted by atomic mass is 16.5. The van der Waals surface area contributed by atoms with Crippen LogP contribution in [0.25, 0.3) is 0 Å². The molecule has 0 amide bonds. The number of ether oxygens (including phenoxy) is 3. The summed E-state index contributed by atoms with van der Waals surface area (Å²) in [6.07, 6.45) is 0.457. The van der Waals surface area contributed by atoms with Gasteiger partial charge in [0.15, 0.2) is 0 Å². The van der Waals surface area contributed by atoms with Crippen molar-refractivity contribution in [2.45, 2.75) is 46.0 Å². The first-order valence-electron chi connectivity index (χ1n) is 9.46. The zero-order valence-corrected chi connectivity index (χ0v) is 17.4. The van der Waals surface area contributed by atoms with E-state index >= 15 is 0 Å². The first-order chi connectivity index (χ1) is 13.2. The summed E-state index contributed by atoms with van der Waals surface area (Å²) < 4.78 is 17.1. The molecule has 0 fully saturated rings. The number of methoxy groups -OCH3 is 1. The van der Waals surface area contributed by atoms with Crippen LogP contribution in [0, 0.1) is 6.92 Å². The van der Waals surface area contributed by atoms with Crippen molar-refractivity contribution in [1.82, 2.24) is 0 Å². The second-order valence-corrected chi connectivity index (χ2v) is 7.81. The number of carboxylic acids is 1. The van der Waals surface area contributed by atoms with Gasteiger partial charge in [-0.15, -0.1) is 0 Å². The van der Waals surface area contributed by atoms with Gasteiger partial charge < -0.3 is 19.3 Å². The van der Waals surface area contributed by atoms with E-state index in [-0.39, 0.29) is 11.8 Å². The van der Waals surface area contributed by atoms with Crippen LogP contribution in [-0.4, -0.2) is 31.4 Å². The Kier molecular flexibility index (Phi) is 7.32. The number of hydrogen-bond acceptors (Lipinski definition) is 4. The highest BCUT2D eigenvalue weighted by Gasteiger charge is 2.19. The summed E-state index contributed by atoms with van der Waals surface area (Å²) >= 11 is 0. The van der Waals surface area contributed by atoms with E-state index in [0.29, 0.717) is 31.1 Å². The minimum Gasteiger partial charge on any atom is -0.497 e. The van der Waals surface area contributed by atoms with Crippen LogP contribution in [0.5, 0.6) is 17.2 Å². The highest BCUT2D eigenvalue weighted by Crippen LogP contribution is 2.32. The summed E-state index contributed by atoms with van der Waals surface area (Å²) in [7, 11) is 1.59.